The van der Waals surface area contributed by atoms with Gasteiger partial charge in [0.1, 0.15) is 0 Å². The van der Waals surface area contributed by atoms with Crippen molar-refractivity contribution < 1.29 is 19.4 Å². The van der Waals surface area contributed by atoms with Crippen molar-refractivity contribution in [1.29, 1.82) is 0 Å². The standard InChI is InChI=1S/C22H24ClN3O4/c1-2-30-20-13-15(7-8-19(20)27)14-24-25-21(28)16-9-11-26(12-10-16)22(29)17-5-3-4-6-18(17)23/h3-8,13-14,16,27H,2,9-12H2,1H3,(H,25,28)/b24-14-. The summed E-state index contributed by atoms with van der Waals surface area (Å²) in [5.41, 5.74) is 3.72. The van der Waals surface area contributed by atoms with Crippen LogP contribution in [-0.2, 0) is 4.79 Å². The monoisotopic (exact) mass is 429 g/mol. The van der Waals surface area contributed by atoms with Gasteiger partial charge in [-0.15, -0.1) is 0 Å². The molecule has 0 radical (unpaired) electrons. The molecule has 0 unspecified atom stereocenters. The maximum Gasteiger partial charge on any atom is 0.255 e. The van der Waals surface area contributed by atoms with E-state index in [-0.39, 0.29) is 23.5 Å². The van der Waals surface area contributed by atoms with E-state index in [9.17, 15) is 14.7 Å². The zero-order chi connectivity index (χ0) is 21.5. The van der Waals surface area contributed by atoms with Crippen LogP contribution in [0.5, 0.6) is 11.5 Å². The van der Waals surface area contributed by atoms with Crippen molar-refractivity contribution in [2.24, 2.45) is 11.0 Å². The Kier molecular flexibility index (Phi) is 7.30. The minimum absolute atomic E-state index is 0.0520. The molecule has 0 aromatic heterocycles. The van der Waals surface area contributed by atoms with Crippen molar-refractivity contribution in [3.05, 3.63) is 58.6 Å². The molecule has 8 heteroatoms. The Labute approximate surface area is 180 Å². The molecule has 2 aromatic rings. The lowest BCUT2D eigenvalue weighted by atomic mass is 9.95. The number of carbonyl (C=O) groups is 2. The average Bonchev–Trinajstić information content (AvgIpc) is 2.76. The van der Waals surface area contributed by atoms with Crippen molar-refractivity contribution in [1.82, 2.24) is 10.3 Å². The van der Waals surface area contributed by atoms with Crippen LogP contribution < -0.4 is 10.2 Å². The molecule has 0 aliphatic carbocycles. The first-order chi connectivity index (χ1) is 14.5. The predicted octanol–water partition coefficient (Wildman–Crippen LogP) is 3.45. The zero-order valence-corrected chi connectivity index (χ0v) is 17.4. The molecule has 30 heavy (non-hydrogen) atoms. The molecule has 1 heterocycles. The number of halogens is 1. The first-order valence-electron chi connectivity index (χ1n) is 9.82. The number of rotatable bonds is 6. The molecule has 158 valence electrons. The predicted molar refractivity (Wildman–Crippen MR) is 115 cm³/mol. The third kappa shape index (κ3) is 5.30. The van der Waals surface area contributed by atoms with E-state index in [1.54, 1.807) is 41.3 Å². The number of aromatic hydroxyl groups is 1. The number of phenolic OH excluding ortho intramolecular Hbond substituents is 1. The summed E-state index contributed by atoms with van der Waals surface area (Å²) in [4.78, 5) is 26.7. The highest BCUT2D eigenvalue weighted by Gasteiger charge is 2.28. The maximum absolute atomic E-state index is 12.6. The van der Waals surface area contributed by atoms with Gasteiger partial charge in [0.25, 0.3) is 5.91 Å². The van der Waals surface area contributed by atoms with Gasteiger partial charge < -0.3 is 14.7 Å². The SMILES string of the molecule is CCOc1cc(/C=N\NC(=O)C2CCN(C(=O)c3ccccc3Cl)CC2)ccc1O. The molecule has 2 N–H and O–H groups in total. The molecule has 0 saturated carbocycles. The average molecular weight is 430 g/mol. The molecular formula is C22H24ClN3O4. The molecule has 0 bridgehead atoms. The summed E-state index contributed by atoms with van der Waals surface area (Å²) < 4.78 is 5.33. The van der Waals surface area contributed by atoms with E-state index in [1.165, 1.54) is 12.3 Å². The minimum Gasteiger partial charge on any atom is -0.504 e. The quantitative estimate of drug-likeness (QED) is 0.543. The van der Waals surface area contributed by atoms with E-state index < -0.39 is 0 Å². The molecule has 1 fully saturated rings. The van der Waals surface area contributed by atoms with Gasteiger partial charge in [0.15, 0.2) is 11.5 Å². The van der Waals surface area contributed by atoms with Crippen LogP contribution in [0.3, 0.4) is 0 Å². The molecule has 3 rings (SSSR count). The second-order valence-corrected chi connectivity index (χ2v) is 7.35. The molecule has 0 atom stereocenters. The lowest BCUT2D eigenvalue weighted by Gasteiger charge is -2.31. The first-order valence-corrected chi connectivity index (χ1v) is 10.2. The van der Waals surface area contributed by atoms with Gasteiger partial charge in [-0.05, 0) is 55.7 Å². The molecule has 2 aromatic carbocycles. The number of nitrogens with one attached hydrogen (secondary N) is 1. The Morgan fingerprint density at radius 1 is 1.27 bits per heavy atom. The summed E-state index contributed by atoms with van der Waals surface area (Å²) >= 11 is 6.11. The lowest BCUT2D eigenvalue weighted by molar-refractivity contribution is -0.126. The van der Waals surface area contributed by atoms with Crippen LogP contribution in [0.15, 0.2) is 47.6 Å². The van der Waals surface area contributed by atoms with E-state index in [2.05, 4.69) is 10.5 Å². The second kappa shape index (κ2) is 10.1. The van der Waals surface area contributed by atoms with E-state index in [0.717, 1.165) is 0 Å². The van der Waals surface area contributed by atoms with Gasteiger partial charge in [-0.1, -0.05) is 23.7 Å². The highest BCUT2D eigenvalue weighted by atomic mass is 35.5. The van der Waals surface area contributed by atoms with Crippen LogP contribution in [0, 0.1) is 5.92 Å². The number of amides is 2. The molecule has 2 amide bonds. The summed E-state index contributed by atoms with van der Waals surface area (Å²) in [6, 6.07) is 11.8. The van der Waals surface area contributed by atoms with E-state index >= 15 is 0 Å². The third-order valence-corrected chi connectivity index (χ3v) is 5.26. The molecule has 1 aliphatic heterocycles. The number of nitrogens with zero attached hydrogens (tertiary/aromatic N) is 2. The van der Waals surface area contributed by atoms with Crippen molar-refractivity contribution in [2.45, 2.75) is 19.8 Å². The highest BCUT2D eigenvalue weighted by Crippen LogP contribution is 2.26. The number of ether oxygens (including phenoxy) is 1. The number of hydrazone groups is 1. The summed E-state index contributed by atoms with van der Waals surface area (Å²) in [5.74, 6) is -0.0921. The molecule has 1 saturated heterocycles. The fourth-order valence-electron chi connectivity index (χ4n) is 3.29. The largest absolute Gasteiger partial charge is 0.504 e. The topological polar surface area (TPSA) is 91.2 Å². The summed E-state index contributed by atoms with van der Waals surface area (Å²) in [6.45, 7) is 3.24. The van der Waals surface area contributed by atoms with Crippen LogP contribution >= 0.6 is 11.6 Å². The Hall–Kier alpha value is -3.06. The number of benzene rings is 2. The van der Waals surface area contributed by atoms with Crippen molar-refractivity contribution in [2.75, 3.05) is 19.7 Å². The maximum atomic E-state index is 12.6. The van der Waals surface area contributed by atoms with Gasteiger partial charge in [0.05, 0.1) is 23.4 Å². The number of hydrogen-bond acceptors (Lipinski definition) is 5. The number of hydrogen-bond donors (Lipinski definition) is 2. The molecule has 7 nitrogen and oxygen atoms in total. The minimum atomic E-state index is -0.212. The van der Waals surface area contributed by atoms with E-state index in [4.69, 9.17) is 16.3 Å². The van der Waals surface area contributed by atoms with Gasteiger partial charge in [-0.2, -0.15) is 5.10 Å². The van der Waals surface area contributed by atoms with Crippen molar-refractivity contribution in [3.8, 4) is 11.5 Å². The molecular weight excluding hydrogens is 406 g/mol. The van der Waals surface area contributed by atoms with Gasteiger partial charge in [-0.3, -0.25) is 9.59 Å². The number of carbonyl (C=O) groups excluding carboxylic acids is 2. The summed E-state index contributed by atoms with van der Waals surface area (Å²) in [6.07, 6.45) is 2.62. The summed E-state index contributed by atoms with van der Waals surface area (Å²) in [7, 11) is 0. The Morgan fingerprint density at radius 2 is 2.00 bits per heavy atom. The van der Waals surface area contributed by atoms with Crippen molar-refractivity contribution >= 4 is 29.6 Å². The normalized spacial score (nSPS) is 14.7. The van der Waals surface area contributed by atoms with Crippen LogP contribution in [0.2, 0.25) is 5.02 Å². The third-order valence-electron chi connectivity index (χ3n) is 4.93. The van der Waals surface area contributed by atoms with E-state index in [1.807, 2.05) is 6.92 Å². The van der Waals surface area contributed by atoms with Crippen LogP contribution in [0.4, 0.5) is 0 Å². The number of piperidine rings is 1. The highest BCUT2D eigenvalue weighted by molar-refractivity contribution is 6.33. The van der Waals surface area contributed by atoms with Gasteiger partial charge in [0, 0.05) is 19.0 Å². The van der Waals surface area contributed by atoms with Crippen LogP contribution in [-0.4, -0.2) is 47.7 Å². The van der Waals surface area contributed by atoms with Crippen LogP contribution in [0.25, 0.3) is 0 Å². The fourth-order valence-corrected chi connectivity index (χ4v) is 3.51. The van der Waals surface area contributed by atoms with Crippen LogP contribution in [0.1, 0.15) is 35.7 Å². The lowest BCUT2D eigenvalue weighted by Crippen LogP contribution is -2.42. The molecule has 1 aliphatic rings. The Balaban J connectivity index is 1.51. The number of phenols is 1. The second-order valence-electron chi connectivity index (χ2n) is 6.94. The van der Waals surface area contributed by atoms with Gasteiger partial charge in [-0.25, -0.2) is 5.43 Å². The number of likely N-dealkylation sites (tertiary alicyclic amines) is 1. The van der Waals surface area contributed by atoms with Gasteiger partial charge in [0.2, 0.25) is 5.91 Å². The first kappa shape index (κ1) is 21.6. The smallest absolute Gasteiger partial charge is 0.255 e. The Morgan fingerprint density at radius 3 is 2.70 bits per heavy atom. The molecule has 0 spiro atoms. The van der Waals surface area contributed by atoms with Gasteiger partial charge >= 0.3 is 0 Å². The fraction of sp³-hybridized carbons (Fsp3) is 0.318. The Bertz CT molecular complexity index is 940. The summed E-state index contributed by atoms with van der Waals surface area (Å²) in [5, 5.41) is 14.2. The van der Waals surface area contributed by atoms with Crippen molar-refractivity contribution in [3.63, 3.8) is 0 Å². The zero-order valence-electron chi connectivity index (χ0n) is 16.7. The van der Waals surface area contributed by atoms with E-state index in [0.29, 0.717) is 54.4 Å².